The molecule has 0 radical (unpaired) electrons. The van der Waals surface area contributed by atoms with Crippen LogP contribution < -0.4 is 10.6 Å². The third kappa shape index (κ3) is 3.16. The van der Waals surface area contributed by atoms with E-state index in [2.05, 4.69) is 20.6 Å². The van der Waals surface area contributed by atoms with Crippen molar-refractivity contribution in [3.8, 4) is 6.07 Å². The first-order chi connectivity index (χ1) is 9.22. The molecule has 2 rings (SSSR count). The van der Waals surface area contributed by atoms with Gasteiger partial charge in [0.05, 0.1) is 11.3 Å². The van der Waals surface area contributed by atoms with Crippen LogP contribution in [0.15, 0.2) is 30.5 Å². The number of benzene rings is 1. The molecule has 0 saturated carbocycles. The van der Waals surface area contributed by atoms with Crippen LogP contribution in [0.25, 0.3) is 0 Å². The lowest BCUT2D eigenvalue weighted by atomic mass is 10.2. The average Bonchev–Trinajstić information content (AvgIpc) is 2.41. The zero-order chi connectivity index (χ0) is 13.7. The Morgan fingerprint density at radius 3 is 2.95 bits per heavy atom. The Labute approximate surface area is 110 Å². The molecule has 0 fully saturated rings. The van der Waals surface area contributed by atoms with Crippen molar-refractivity contribution < 1.29 is 4.39 Å². The van der Waals surface area contributed by atoms with E-state index in [0.717, 1.165) is 0 Å². The van der Waals surface area contributed by atoms with Crippen molar-refractivity contribution in [1.29, 1.82) is 5.26 Å². The maximum Gasteiger partial charge on any atom is 0.224 e. The summed E-state index contributed by atoms with van der Waals surface area (Å²) in [7, 11) is 0. The molecule has 1 aromatic carbocycles. The average molecular weight is 257 g/mol. The fraction of sp³-hybridized carbons (Fsp3) is 0.154. The number of nitriles is 1. The van der Waals surface area contributed by atoms with Crippen LogP contribution in [0.4, 0.5) is 21.8 Å². The molecule has 1 heterocycles. The molecule has 0 aliphatic carbocycles. The Balaban J connectivity index is 2.26. The molecule has 96 valence electrons. The van der Waals surface area contributed by atoms with Gasteiger partial charge in [0.2, 0.25) is 5.95 Å². The third-order valence-electron chi connectivity index (χ3n) is 2.36. The van der Waals surface area contributed by atoms with Crippen molar-refractivity contribution in [2.45, 2.75) is 6.92 Å². The summed E-state index contributed by atoms with van der Waals surface area (Å²) >= 11 is 0. The van der Waals surface area contributed by atoms with Crippen LogP contribution in [-0.4, -0.2) is 16.5 Å². The number of nitrogens with one attached hydrogen (secondary N) is 2. The normalized spacial score (nSPS) is 9.74. The van der Waals surface area contributed by atoms with E-state index in [0.29, 0.717) is 24.0 Å². The standard InChI is InChI=1S/C13H12FN5/c1-2-16-13-17-6-5-12(19-13)18-11-4-3-10(14)7-9(11)8-15/h3-7H,2H2,1H3,(H2,16,17,18,19). The summed E-state index contributed by atoms with van der Waals surface area (Å²) in [5.74, 6) is 0.584. The Kier molecular flexibility index (Phi) is 3.88. The fourth-order valence-electron chi connectivity index (χ4n) is 1.53. The Hall–Kier alpha value is -2.68. The van der Waals surface area contributed by atoms with Gasteiger partial charge in [-0.2, -0.15) is 10.2 Å². The number of aromatic nitrogens is 2. The van der Waals surface area contributed by atoms with Gasteiger partial charge in [0.15, 0.2) is 0 Å². The molecule has 0 bridgehead atoms. The zero-order valence-electron chi connectivity index (χ0n) is 10.3. The number of hydrogen-bond donors (Lipinski definition) is 2. The van der Waals surface area contributed by atoms with Crippen LogP contribution in [0.1, 0.15) is 12.5 Å². The van der Waals surface area contributed by atoms with Gasteiger partial charge < -0.3 is 10.6 Å². The largest absolute Gasteiger partial charge is 0.354 e. The second-order valence-corrected chi connectivity index (χ2v) is 3.72. The van der Waals surface area contributed by atoms with Gasteiger partial charge in [-0.25, -0.2) is 9.37 Å². The van der Waals surface area contributed by atoms with E-state index in [4.69, 9.17) is 5.26 Å². The minimum atomic E-state index is -0.446. The lowest BCUT2D eigenvalue weighted by Crippen LogP contribution is -2.04. The maximum atomic E-state index is 13.0. The van der Waals surface area contributed by atoms with E-state index >= 15 is 0 Å². The predicted octanol–water partition coefficient (Wildman–Crippen LogP) is 2.66. The van der Waals surface area contributed by atoms with E-state index in [1.165, 1.54) is 18.2 Å². The Morgan fingerprint density at radius 1 is 1.37 bits per heavy atom. The highest BCUT2D eigenvalue weighted by molar-refractivity contribution is 5.64. The van der Waals surface area contributed by atoms with E-state index < -0.39 is 5.82 Å². The summed E-state index contributed by atoms with van der Waals surface area (Å²) in [4.78, 5) is 8.26. The van der Waals surface area contributed by atoms with Crippen LogP contribution in [0.3, 0.4) is 0 Å². The van der Waals surface area contributed by atoms with Gasteiger partial charge >= 0.3 is 0 Å². The summed E-state index contributed by atoms with van der Waals surface area (Å²) in [6.07, 6.45) is 1.60. The van der Waals surface area contributed by atoms with Crippen molar-refractivity contribution in [2.24, 2.45) is 0 Å². The quantitative estimate of drug-likeness (QED) is 0.880. The van der Waals surface area contributed by atoms with Crippen LogP contribution in [-0.2, 0) is 0 Å². The van der Waals surface area contributed by atoms with Crippen molar-refractivity contribution in [3.63, 3.8) is 0 Å². The minimum absolute atomic E-state index is 0.226. The smallest absolute Gasteiger partial charge is 0.224 e. The first-order valence-electron chi connectivity index (χ1n) is 5.76. The van der Waals surface area contributed by atoms with Gasteiger partial charge in [-0.15, -0.1) is 0 Å². The molecular formula is C13H12FN5. The van der Waals surface area contributed by atoms with Crippen molar-refractivity contribution in [1.82, 2.24) is 9.97 Å². The number of hydrogen-bond acceptors (Lipinski definition) is 5. The molecule has 0 atom stereocenters. The summed E-state index contributed by atoms with van der Waals surface area (Å²) in [6.45, 7) is 2.65. The summed E-state index contributed by atoms with van der Waals surface area (Å²) < 4.78 is 13.0. The number of nitrogens with zero attached hydrogens (tertiary/aromatic N) is 3. The highest BCUT2D eigenvalue weighted by Crippen LogP contribution is 2.20. The highest BCUT2D eigenvalue weighted by atomic mass is 19.1. The first-order valence-corrected chi connectivity index (χ1v) is 5.76. The fourth-order valence-corrected chi connectivity index (χ4v) is 1.53. The molecule has 0 saturated heterocycles. The molecule has 1 aromatic heterocycles. The zero-order valence-corrected chi connectivity index (χ0v) is 10.3. The van der Waals surface area contributed by atoms with Crippen molar-refractivity contribution >= 4 is 17.5 Å². The second kappa shape index (κ2) is 5.78. The number of halogens is 1. The lowest BCUT2D eigenvalue weighted by molar-refractivity contribution is 0.627. The lowest BCUT2D eigenvalue weighted by Gasteiger charge is -2.08. The molecule has 2 aromatic rings. The minimum Gasteiger partial charge on any atom is -0.354 e. The van der Waals surface area contributed by atoms with Crippen LogP contribution >= 0.6 is 0 Å². The van der Waals surface area contributed by atoms with E-state index in [1.807, 2.05) is 13.0 Å². The van der Waals surface area contributed by atoms with Crippen molar-refractivity contribution in [3.05, 3.63) is 41.8 Å². The van der Waals surface area contributed by atoms with E-state index in [-0.39, 0.29) is 5.56 Å². The van der Waals surface area contributed by atoms with E-state index in [1.54, 1.807) is 12.3 Å². The number of rotatable bonds is 4. The van der Waals surface area contributed by atoms with Gasteiger partial charge in [-0.1, -0.05) is 0 Å². The van der Waals surface area contributed by atoms with Gasteiger partial charge in [-0.05, 0) is 31.2 Å². The van der Waals surface area contributed by atoms with Gasteiger partial charge in [0.1, 0.15) is 17.7 Å². The molecule has 5 nitrogen and oxygen atoms in total. The second-order valence-electron chi connectivity index (χ2n) is 3.72. The van der Waals surface area contributed by atoms with E-state index in [9.17, 15) is 4.39 Å². The van der Waals surface area contributed by atoms with Crippen LogP contribution in [0.5, 0.6) is 0 Å². The monoisotopic (exact) mass is 257 g/mol. The summed E-state index contributed by atoms with van der Waals surface area (Å²) in [5, 5.41) is 14.9. The van der Waals surface area contributed by atoms with Gasteiger partial charge in [0.25, 0.3) is 0 Å². The third-order valence-corrected chi connectivity index (χ3v) is 2.36. The van der Waals surface area contributed by atoms with Crippen LogP contribution in [0.2, 0.25) is 0 Å². The molecule has 0 spiro atoms. The van der Waals surface area contributed by atoms with Crippen LogP contribution in [0, 0.1) is 17.1 Å². The van der Waals surface area contributed by atoms with Gasteiger partial charge in [-0.3, -0.25) is 0 Å². The maximum absolute atomic E-state index is 13.0. The Morgan fingerprint density at radius 2 is 2.21 bits per heavy atom. The Bertz CT molecular complexity index is 621. The first kappa shape index (κ1) is 12.8. The van der Waals surface area contributed by atoms with Gasteiger partial charge in [0, 0.05) is 12.7 Å². The topological polar surface area (TPSA) is 73.6 Å². The highest BCUT2D eigenvalue weighted by Gasteiger charge is 2.05. The SMILES string of the molecule is CCNc1nccc(Nc2ccc(F)cc2C#N)n1. The molecule has 2 N–H and O–H groups in total. The molecular weight excluding hydrogens is 245 g/mol. The summed E-state index contributed by atoms with van der Waals surface area (Å²) in [6, 6.07) is 7.57. The molecule has 0 aliphatic rings. The summed E-state index contributed by atoms with van der Waals surface area (Å²) in [5.41, 5.74) is 0.730. The molecule has 0 amide bonds. The molecule has 0 aliphatic heterocycles. The molecule has 19 heavy (non-hydrogen) atoms. The molecule has 6 heteroatoms. The predicted molar refractivity (Wildman–Crippen MR) is 70.6 cm³/mol. The molecule has 0 unspecified atom stereocenters. The van der Waals surface area contributed by atoms with Crippen molar-refractivity contribution in [2.75, 3.05) is 17.2 Å². The number of anilines is 3.